The highest BCUT2D eigenvalue weighted by atomic mass is 16.6. The number of aromatic nitrogens is 2. The number of hydrogen-bond donors (Lipinski definition) is 2. The van der Waals surface area contributed by atoms with Crippen molar-refractivity contribution in [1.82, 2.24) is 9.55 Å². The molecular formula is C12H23N5O2. The molecule has 0 spiro atoms. The molecular weight excluding hydrogens is 246 g/mol. The Kier molecular flexibility index (Phi) is 4.52. The number of rotatable bonds is 6. The van der Waals surface area contributed by atoms with Crippen molar-refractivity contribution in [2.75, 3.05) is 11.9 Å². The van der Waals surface area contributed by atoms with Crippen LogP contribution < -0.4 is 11.1 Å². The fourth-order valence-electron chi connectivity index (χ4n) is 2.23. The van der Waals surface area contributed by atoms with E-state index in [4.69, 9.17) is 5.73 Å². The summed E-state index contributed by atoms with van der Waals surface area (Å²) in [6, 6.07) is 0. The minimum Gasteiger partial charge on any atom is -0.358 e. The van der Waals surface area contributed by atoms with Crippen molar-refractivity contribution in [2.24, 2.45) is 18.7 Å². The largest absolute Gasteiger partial charge is 0.406 e. The summed E-state index contributed by atoms with van der Waals surface area (Å²) < 4.78 is 1.69. The smallest absolute Gasteiger partial charge is 0.358 e. The fourth-order valence-corrected chi connectivity index (χ4v) is 2.23. The molecule has 7 nitrogen and oxygen atoms in total. The summed E-state index contributed by atoms with van der Waals surface area (Å²) in [4.78, 5) is 14.5. The van der Waals surface area contributed by atoms with Crippen LogP contribution in [-0.2, 0) is 7.05 Å². The molecule has 108 valence electrons. The molecule has 1 aromatic heterocycles. The molecule has 19 heavy (non-hydrogen) atoms. The molecule has 0 aliphatic heterocycles. The Morgan fingerprint density at radius 2 is 2.16 bits per heavy atom. The van der Waals surface area contributed by atoms with E-state index in [2.05, 4.69) is 24.1 Å². The lowest BCUT2D eigenvalue weighted by Gasteiger charge is -2.31. The number of nitrogens with two attached hydrogens (primary N) is 1. The van der Waals surface area contributed by atoms with Crippen LogP contribution in [0.15, 0.2) is 0 Å². The van der Waals surface area contributed by atoms with Crippen LogP contribution in [0.25, 0.3) is 0 Å². The molecule has 1 heterocycles. The third kappa shape index (κ3) is 3.44. The van der Waals surface area contributed by atoms with Gasteiger partial charge in [-0.25, -0.2) is 0 Å². The van der Waals surface area contributed by atoms with E-state index in [0.29, 0.717) is 24.1 Å². The van der Waals surface area contributed by atoms with Crippen LogP contribution in [-0.4, -0.2) is 26.6 Å². The van der Waals surface area contributed by atoms with Crippen molar-refractivity contribution < 1.29 is 4.92 Å². The second-order valence-corrected chi connectivity index (χ2v) is 5.64. The molecule has 0 radical (unpaired) electrons. The van der Waals surface area contributed by atoms with Crippen molar-refractivity contribution in [3.8, 4) is 0 Å². The summed E-state index contributed by atoms with van der Waals surface area (Å²) in [7, 11) is 1.75. The van der Waals surface area contributed by atoms with Gasteiger partial charge in [0.05, 0.1) is 0 Å². The van der Waals surface area contributed by atoms with Gasteiger partial charge >= 0.3 is 5.82 Å². The first kappa shape index (κ1) is 15.4. The Hall–Kier alpha value is -1.63. The predicted octanol–water partition coefficient (Wildman–Crippen LogP) is 1.81. The van der Waals surface area contributed by atoms with Gasteiger partial charge in [-0.3, -0.25) is 4.57 Å². The number of imidazole rings is 1. The summed E-state index contributed by atoms with van der Waals surface area (Å²) in [6.45, 7) is 8.29. The fraction of sp³-hybridized carbons (Fsp3) is 0.750. The molecule has 3 N–H and O–H groups in total. The lowest BCUT2D eigenvalue weighted by molar-refractivity contribution is -0.388. The normalized spacial score (nSPS) is 14.5. The van der Waals surface area contributed by atoms with Gasteiger partial charge in [-0.2, -0.15) is 0 Å². The first-order valence-electron chi connectivity index (χ1n) is 6.36. The maximum atomic E-state index is 11.0. The number of nitrogens with one attached hydrogen (secondary N) is 1. The van der Waals surface area contributed by atoms with Crippen LogP contribution in [0.1, 0.15) is 33.0 Å². The quantitative estimate of drug-likeness (QED) is 0.606. The first-order valence-corrected chi connectivity index (χ1v) is 6.36. The molecule has 0 fully saturated rings. The van der Waals surface area contributed by atoms with Crippen LogP contribution in [0.5, 0.6) is 0 Å². The second-order valence-electron chi connectivity index (χ2n) is 5.64. The molecule has 1 atom stereocenters. The Balaban J connectivity index is 3.13. The molecule has 0 saturated carbocycles. The van der Waals surface area contributed by atoms with Crippen LogP contribution >= 0.6 is 0 Å². The van der Waals surface area contributed by atoms with Crippen molar-refractivity contribution >= 4 is 11.6 Å². The Bertz CT molecular complexity index is 469. The zero-order chi connectivity index (χ0) is 14.8. The minimum atomic E-state index is -0.471. The average molecular weight is 269 g/mol. The molecule has 0 aliphatic rings. The van der Waals surface area contributed by atoms with Crippen molar-refractivity contribution in [3.63, 3.8) is 0 Å². The van der Waals surface area contributed by atoms with Gasteiger partial charge in [0, 0.05) is 26.1 Å². The lowest BCUT2D eigenvalue weighted by Crippen LogP contribution is -2.44. The summed E-state index contributed by atoms with van der Waals surface area (Å²) >= 11 is 0. The third-order valence-electron chi connectivity index (χ3n) is 3.20. The molecule has 0 aromatic carbocycles. The van der Waals surface area contributed by atoms with Crippen LogP contribution in [0.4, 0.5) is 11.6 Å². The maximum Gasteiger partial charge on any atom is 0.406 e. The van der Waals surface area contributed by atoms with Crippen LogP contribution in [0.2, 0.25) is 0 Å². The van der Waals surface area contributed by atoms with Crippen LogP contribution in [0, 0.1) is 23.0 Å². The number of nitro groups is 1. The van der Waals surface area contributed by atoms with E-state index >= 15 is 0 Å². The van der Waals surface area contributed by atoms with Gasteiger partial charge in [-0.05, 0) is 29.2 Å². The number of anilines is 1. The van der Waals surface area contributed by atoms with Crippen LogP contribution in [0.3, 0.4) is 0 Å². The van der Waals surface area contributed by atoms with Gasteiger partial charge in [0.25, 0.3) is 0 Å². The number of hydrogen-bond acceptors (Lipinski definition) is 5. The average Bonchev–Trinajstić information content (AvgIpc) is 2.56. The first-order chi connectivity index (χ1) is 8.70. The summed E-state index contributed by atoms with van der Waals surface area (Å²) in [5.74, 6) is 1.30. The molecule has 1 aromatic rings. The molecule has 0 bridgehead atoms. The predicted molar refractivity (Wildman–Crippen MR) is 75.1 cm³/mol. The van der Waals surface area contributed by atoms with Gasteiger partial charge in [-0.1, -0.05) is 13.8 Å². The molecule has 7 heteroatoms. The van der Waals surface area contributed by atoms with Gasteiger partial charge in [0.1, 0.15) is 0 Å². The van der Waals surface area contributed by atoms with Gasteiger partial charge in [0.15, 0.2) is 0 Å². The Morgan fingerprint density at radius 3 is 2.58 bits per heavy atom. The van der Waals surface area contributed by atoms with Gasteiger partial charge in [-0.15, -0.1) is 0 Å². The molecule has 0 saturated heterocycles. The zero-order valence-electron chi connectivity index (χ0n) is 12.2. The minimum absolute atomic E-state index is 0.150. The number of nitrogens with zero attached hydrogens (tertiary/aromatic N) is 3. The monoisotopic (exact) mass is 269 g/mol. The highest BCUT2D eigenvalue weighted by molar-refractivity contribution is 5.55. The highest BCUT2D eigenvalue weighted by Gasteiger charge is 2.31. The molecule has 1 rings (SSSR count). The third-order valence-corrected chi connectivity index (χ3v) is 3.20. The summed E-state index contributed by atoms with van der Waals surface area (Å²) in [6.07, 6.45) is 0.824. The van der Waals surface area contributed by atoms with E-state index in [1.807, 2.05) is 6.92 Å². The molecule has 0 aliphatic carbocycles. The van der Waals surface area contributed by atoms with Crippen molar-refractivity contribution in [1.29, 1.82) is 0 Å². The van der Waals surface area contributed by atoms with E-state index in [1.165, 1.54) is 0 Å². The summed E-state index contributed by atoms with van der Waals surface area (Å²) in [5, 5.41) is 14.3. The van der Waals surface area contributed by atoms with Gasteiger partial charge in [0.2, 0.25) is 11.6 Å². The Morgan fingerprint density at radius 1 is 1.58 bits per heavy atom. The van der Waals surface area contributed by atoms with E-state index in [-0.39, 0.29) is 11.4 Å². The summed E-state index contributed by atoms with van der Waals surface area (Å²) in [5.41, 5.74) is 5.43. The standard InChI is InChI=1S/C12H23N5O2/c1-8(2)6-12(4,7-13)15-11-10(17(18)19)14-9(3)16(11)5/h8,15H,6-7,13H2,1-5H3. The van der Waals surface area contributed by atoms with E-state index < -0.39 is 4.92 Å². The van der Waals surface area contributed by atoms with Crippen molar-refractivity contribution in [2.45, 2.75) is 39.7 Å². The van der Waals surface area contributed by atoms with E-state index in [0.717, 1.165) is 6.42 Å². The topological polar surface area (TPSA) is 99.0 Å². The van der Waals surface area contributed by atoms with Crippen molar-refractivity contribution in [3.05, 3.63) is 15.9 Å². The van der Waals surface area contributed by atoms with E-state index in [9.17, 15) is 10.1 Å². The maximum absolute atomic E-state index is 11.0. The number of aryl methyl sites for hydroxylation is 1. The van der Waals surface area contributed by atoms with Gasteiger partial charge < -0.3 is 21.2 Å². The highest BCUT2D eigenvalue weighted by Crippen LogP contribution is 2.29. The lowest BCUT2D eigenvalue weighted by atomic mass is 9.91. The SMILES string of the molecule is Cc1nc([N+](=O)[O-])c(NC(C)(CN)CC(C)C)n1C. The molecule has 1 unspecified atom stereocenters. The second kappa shape index (κ2) is 5.56. The van der Waals surface area contributed by atoms with E-state index in [1.54, 1.807) is 18.5 Å². The zero-order valence-corrected chi connectivity index (χ0v) is 12.2. The molecule has 0 amide bonds. The Labute approximate surface area is 113 Å².